The largest absolute Gasteiger partial charge is 0.372 e. The van der Waals surface area contributed by atoms with Gasteiger partial charge in [0, 0.05) is 13.2 Å². The first kappa shape index (κ1) is 15.0. The Morgan fingerprint density at radius 3 is 2.95 bits per heavy atom. The molecule has 1 saturated heterocycles. The molecule has 3 heteroatoms. The molecule has 0 bridgehead atoms. The van der Waals surface area contributed by atoms with E-state index in [1.165, 1.54) is 24.0 Å². The molecule has 0 aromatic heterocycles. The van der Waals surface area contributed by atoms with Crippen LogP contribution in [-0.2, 0) is 9.53 Å². The van der Waals surface area contributed by atoms with Gasteiger partial charge >= 0.3 is 0 Å². The molecule has 20 heavy (non-hydrogen) atoms. The second-order valence-electron chi connectivity index (χ2n) is 5.50. The van der Waals surface area contributed by atoms with Crippen LogP contribution in [0.2, 0.25) is 0 Å². The number of hydrogen-bond donors (Lipinski definition) is 0. The average Bonchev–Trinajstić information content (AvgIpc) is 2.70. The highest BCUT2D eigenvalue weighted by molar-refractivity contribution is 5.78. The number of amides is 1. The summed E-state index contributed by atoms with van der Waals surface area (Å²) in [6.45, 7) is 5.68. The fourth-order valence-corrected chi connectivity index (χ4v) is 2.90. The molecule has 1 heterocycles. The predicted octanol–water partition coefficient (Wildman–Crippen LogP) is 3.48. The van der Waals surface area contributed by atoms with Gasteiger partial charge in [-0.05, 0) is 32.3 Å². The monoisotopic (exact) mass is 275 g/mol. The lowest BCUT2D eigenvalue weighted by Gasteiger charge is -2.30. The molecule has 0 aliphatic carbocycles. The van der Waals surface area contributed by atoms with Crippen molar-refractivity contribution in [3.8, 4) is 0 Å². The van der Waals surface area contributed by atoms with E-state index in [9.17, 15) is 4.79 Å². The molecule has 1 aromatic rings. The van der Waals surface area contributed by atoms with Crippen LogP contribution in [0, 0.1) is 6.92 Å². The van der Waals surface area contributed by atoms with E-state index >= 15 is 0 Å². The van der Waals surface area contributed by atoms with E-state index in [0.29, 0.717) is 6.61 Å². The number of carbonyl (C=O) groups excluding carboxylic acids is 1. The van der Waals surface area contributed by atoms with Gasteiger partial charge in [-0.15, -0.1) is 0 Å². The maximum Gasteiger partial charge on any atom is 0.249 e. The van der Waals surface area contributed by atoms with Gasteiger partial charge in [-0.25, -0.2) is 0 Å². The maximum atomic E-state index is 12.4. The van der Waals surface area contributed by atoms with Crippen LogP contribution in [0.15, 0.2) is 24.3 Å². The van der Waals surface area contributed by atoms with E-state index in [1.54, 1.807) is 0 Å². The highest BCUT2D eigenvalue weighted by atomic mass is 16.5. The zero-order chi connectivity index (χ0) is 14.4. The Morgan fingerprint density at radius 1 is 1.35 bits per heavy atom. The van der Waals surface area contributed by atoms with Crippen LogP contribution in [0.1, 0.15) is 49.8 Å². The number of nitrogens with zero attached hydrogens (tertiary/aromatic N) is 1. The highest BCUT2D eigenvalue weighted by Crippen LogP contribution is 2.30. The van der Waals surface area contributed by atoms with E-state index < -0.39 is 0 Å². The number of rotatable bonds is 4. The van der Waals surface area contributed by atoms with Crippen LogP contribution in [0.5, 0.6) is 0 Å². The summed E-state index contributed by atoms with van der Waals surface area (Å²) in [5, 5.41) is 0. The summed E-state index contributed by atoms with van der Waals surface area (Å²) >= 11 is 0. The van der Waals surface area contributed by atoms with Crippen LogP contribution >= 0.6 is 0 Å². The number of carbonyl (C=O) groups is 1. The van der Waals surface area contributed by atoms with Gasteiger partial charge in [-0.1, -0.05) is 42.7 Å². The summed E-state index contributed by atoms with van der Waals surface area (Å²) in [6, 6.07) is 8.75. The van der Waals surface area contributed by atoms with Crippen molar-refractivity contribution in [1.82, 2.24) is 4.90 Å². The van der Waals surface area contributed by atoms with Crippen molar-refractivity contribution in [1.29, 1.82) is 0 Å². The van der Waals surface area contributed by atoms with Gasteiger partial charge in [0.1, 0.15) is 6.61 Å². The standard InChI is InChI=1S/C17H25NO2/c1-3-20-13-17(19)18-11-6-4-5-10-16(18)15-9-7-8-14(2)12-15/h7-9,12,16H,3-6,10-11,13H2,1-2H3. The fraction of sp³-hybridized carbons (Fsp3) is 0.588. The Bertz CT molecular complexity index is 444. The second-order valence-corrected chi connectivity index (χ2v) is 5.50. The van der Waals surface area contributed by atoms with Crippen LogP contribution in [-0.4, -0.2) is 30.6 Å². The van der Waals surface area contributed by atoms with Gasteiger partial charge in [-0.2, -0.15) is 0 Å². The Morgan fingerprint density at radius 2 is 2.20 bits per heavy atom. The molecule has 1 aromatic carbocycles. The summed E-state index contributed by atoms with van der Waals surface area (Å²) in [5.41, 5.74) is 2.51. The first-order chi connectivity index (χ1) is 9.72. The molecule has 1 fully saturated rings. The molecular weight excluding hydrogens is 250 g/mol. The summed E-state index contributed by atoms with van der Waals surface area (Å²) in [5.74, 6) is 0.125. The van der Waals surface area contributed by atoms with Gasteiger partial charge in [0.05, 0.1) is 6.04 Å². The molecule has 0 radical (unpaired) electrons. The highest BCUT2D eigenvalue weighted by Gasteiger charge is 2.26. The molecule has 1 aliphatic rings. The lowest BCUT2D eigenvalue weighted by atomic mass is 9.99. The summed E-state index contributed by atoms with van der Waals surface area (Å²) < 4.78 is 5.31. The molecule has 110 valence electrons. The molecule has 0 saturated carbocycles. The second kappa shape index (κ2) is 7.44. The normalized spacial score (nSPS) is 19.7. The maximum absolute atomic E-state index is 12.4. The molecule has 1 amide bonds. The molecule has 0 spiro atoms. The Kier molecular flexibility index (Phi) is 5.60. The first-order valence-corrected chi connectivity index (χ1v) is 7.66. The molecule has 3 nitrogen and oxygen atoms in total. The molecule has 1 aliphatic heterocycles. The molecule has 1 atom stereocenters. The van der Waals surface area contributed by atoms with Crippen LogP contribution < -0.4 is 0 Å². The van der Waals surface area contributed by atoms with Gasteiger partial charge in [0.25, 0.3) is 0 Å². The van der Waals surface area contributed by atoms with Crippen LogP contribution in [0.25, 0.3) is 0 Å². The quantitative estimate of drug-likeness (QED) is 0.842. The van der Waals surface area contributed by atoms with E-state index in [0.717, 1.165) is 19.4 Å². The van der Waals surface area contributed by atoms with Crippen molar-refractivity contribution >= 4 is 5.91 Å². The number of aryl methyl sites for hydroxylation is 1. The third-order valence-electron chi connectivity index (χ3n) is 3.93. The van der Waals surface area contributed by atoms with Crippen molar-refractivity contribution in [2.24, 2.45) is 0 Å². The van der Waals surface area contributed by atoms with Gasteiger partial charge in [0.15, 0.2) is 0 Å². The summed E-state index contributed by atoms with van der Waals surface area (Å²) in [6.07, 6.45) is 4.55. The minimum atomic E-state index is 0.125. The van der Waals surface area contributed by atoms with Gasteiger partial charge < -0.3 is 9.64 Å². The van der Waals surface area contributed by atoms with Crippen LogP contribution in [0.4, 0.5) is 0 Å². The molecule has 1 unspecified atom stereocenters. The van der Waals surface area contributed by atoms with E-state index in [4.69, 9.17) is 4.74 Å². The number of ether oxygens (including phenoxy) is 1. The van der Waals surface area contributed by atoms with Crippen molar-refractivity contribution in [3.05, 3.63) is 35.4 Å². The number of likely N-dealkylation sites (tertiary alicyclic amines) is 1. The van der Waals surface area contributed by atoms with Crippen molar-refractivity contribution in [3.63, 3.8) is 0 Å². The SMILES string of the molecule is CCOCC(=O)N1CCCCCC1c1cccc(C)c1. The average molecular weight is 275 g/mol. The number of hydrogen-bond acceptors (Lipinski definition) is 2. The topological polar surface area (TPSA) is 29.5 Å². The summed E-state index contributed by atoms with van der Waals surface area (Å²) in [4.78, 5) is 14.4. The van der Waals surface area contributed by atoms with Gasteiger partial charge in [0.2, 0.25) is 5.91 Å². The van der Waals surface area contributed by atoms with E-state index in [-0.39, 0.29) is 18.6 Å². The summed E-state index contributed by atoms with van der Waals surface area (Å²) in [7, 11) is 0. The van der Waals surface area contributed by atoms with Crippen molar-refractivity contribution in [2.75, 3.05) is 19.8 Å². The van der Waals surface area contributed by atoms with Crippen LogP contribution in [0.3, 0.4) is 0 Å². The van der Waals surface area contributed by atoms with Crippen molar-refractivity contribution in [2.45, 2.75) is 45.6 Å². The Labute approximate surface area is 121 Å². The molecule has 2 rings (SSSR count). The minimum absolute atomic E-state index is 0.125. The third kappa shape index (κ3) is 3.83. The van der Waals surface area contributed by atoms with Gasteiger partial charge in [-0.3, -0.25) is 4.79 Å². The smallest absolute Gasteiger partial charge is 0.249 e. The van der Waals surface area contributed by atoms with E-state index in [2.05, 4.69) is 31.2 Å². The van der Waals surface area contributed by atoms with E-state index in [1.807, 2.05) is 11.8 Å². The zero-order valence-electron chi connectivity index (χ0n) is 12.6. The predicted molar refractivity (Wildman–Crippen MR) is 80.6 cm³/mol. The molecule has 0 N–H and O–H groups in total. The lowest BCUT2D eigenvalue weighted by molar-refractivity contribution is -0.138. The lowest BCUT2D eigenvalue weighted by Crippen LogP contribution is -2.37. The fourth-order valence-electron chi connectivity index (χ4n) is 2.90. The number of benzene rings is 1. The first-order valence-electron chi connectivity index (χ1n) is 7.66. The Hall–Kier alpha value is -1.35. The molecular formula is C17H25NO2. The minimum Gasteiger partial charge on any atom is -0.372 e. The third-order valence-corrected chi connectivity index (χ3v) is 3.93. The zero-order valence-corrected chi connectivity index (χ0v) is 12.6. The Balaban J connectivity index is 2.18. The van der Waals surface area contributed by atoms with Crippen molar-refractivity contribution < 1.29 is 9.53 Å².